The monoisotopic (exact) mass is 322 g/mol. The highest BCUT2D eigenvalue weighted by atomic mass is 19.1. The molecule has 2 rings (SSSR count). The van der Waals surface area contributed by atoms with Crippen molar-refractivity contribution in [2.24, 2.45) is 5.92 Å². The number of amides is 2. The van der Waals surface area contributed by atoms with E-state index in [9.17, 15) is 18.8 Å². The van der Waals surface area contributed by atoms with Gasteiger partial charge in [-0.25, -0.2) is 4.39 Å². The minimum absolute atomic E-state index is 0.0349. The van der Waals surface area contributed by atoms with E-state index in [1.165, 1.54) is 23.1 Å². The Kier molecular flexibility index (Phi) is 5.67. The lowest BCUT2D eigenvalue weighted by Gasteiger charge is -2.30. The lowest BCUT2D eigenvalue weighted by atomic mass is 9.97. The van der Waals surface area contributed by atoms with Crippen LogP contribution < -0.4 is 5.32 Å². The average Bonchev–Trinajstić information content (AvgIpc) is 2.56. The molecular formula is C16H19FN2O4. The molecule has 0 atom stereocenters. The number of esters is 1. The second-order valence-corrected chi connectivity index (χ2v) is 5.25. The van der Waals surface area contributed by atoms with Crippen LogP contribution in [0.4, 0.5) is 10.1 Å². The van der Waals surface area contributed by atoms with Crippen molar-refractivity contribution in [1.29, 1.82) is 0 Å². The molecule has 1 aromatic carbocycles. The second-order valence-electron chi connectivity index (χ2n) is 5.25. The predicted octanol–water partition coefficient (Wildman–Crippen LogP) is 1.57. The molecule has 7 heteroatoms. The van der Waals surface area contributed by atoms with Gasteiger partial charge in [-0.05, 0) is 31.9 Å². The van der Waals surface area contributed by atoms with Crippen molar-refractivity contribution in [2.75, 3.05) is 25.0 Å². The molecule has 23 heavy (non-hydrogen) atoms. The van der Waals surface area contributed by atoms with Crippen molar-refractivity contribution >= 4 is 23.5 Å². The van der Waals surface area contributed by atoms with Gasteiger partial charge in [0, 0.05) is 13.1 Å². The zero-order valence-corrected chi connectivity index (χ0v) is 12.9. The number of benzene rings is 1. The van der Waals surface area contributed by atoms with E-state index in [-0.39, 0.29) is 17.6 Å². The maximum absolute atomic E-state index is 13.5. The fourth-order valence-corrected chi connectivity index (χ4v) is 2.46. The lowest BCUT2D eigenvalue weighted by Crippen LogP contribution is -2.45. The first-order valence-electron chi connectivity index (χ1n) is 7.54. The van der Waals surface area contributed by atoms with E-state index in [1.807, 2.05) is 0 Å². The van der Waals surface area contributed by atoms with Crippen molar-refractivity contribution in [1.82, 2.24) is 4.90 Å². The third-order valence-corrected chi connectivity index (χ3v) is 3.72. The zero-order valence-electron chi connectivity index (χ0n) is 12.9. The fourth-order valence-electron chi connectivity index (χ4n) is 2.46. The Labute approximate surface area is 133 Å². The van der Waals surface area contributed by atoms with Crippen molar-refractivity contribution in [3.63, 3.8) is 0 Å². The Hall–Kier alpha value is -2.44. The van der Waals surface area contributed by atoms with E-state index in [0.29, 0.717) is 32.5 Å². The minimum atomic E-state index is -0.885. The number of nitrogens with zero attached hydrogens (tertiary/aromatic N) is 1. The Morgan fingerprint density at radius 1 is 1.26 bits per heavy atom. The third kappa shape index (κ3) is 4.28. The number of carbonyl (C=O) groups excluding carboxylic acids is 3. The van der Waals surface area contributed by atoms with Crippen molar-refractivity contribution < 1.29 is 23.5 Å². The van der Waals surface area contributed by atoms with Crippen molar-refractivity contribution in [2.45, 2.75) is 19.8 Å². The van der Waals surface area contributed by atoms with Crippen LogP contribution in [0.15, 0.2) is 24.3 Å². The largest absolute Gasteiger partial charge is 0.466 e. The van der Waals surface area contributed by atoms with Crippen LogP contribution in [0.2, 0.25) is 0 Å². The maximum atomic E-state index is 13.5. The molecule has 124 valence electrons. The van der Waals surface area contributed by atoms with E-state index >= 15 is 0 Å². The SMILES string of the molecule is CCOC(=O)C1CCN(C(=O)C(=O)Nc2ccccc2F)CC1. The number of anilines is 1. The molecule has 1 heterocycles. The number of rotatable bonds is 3. The number of carbonyl (C=O) groups is 3. The molecular weight excluding hydrogens is 303 g/mol. The maximum Gasteiger partial charge on any atom is 0.313 e. The van der Waals surface area contributed by atoms with Crippen LogP contribution in [-0.4, -0.2) is 42.4 Å². The smallest absolute Gasteiger partial charge is 0.313 e. The van der Waals surface area contributed by atoms with Gasteiger partial charge in [0.15, 0.2) is 0 Å². The summed E-state index contributed by atoms with van der Waals surface area (Å²) in [5.41, 5.74) is -0.0349. The van der Waals surface area contributed by atoms with Crippen LogP contribution >= 0.6 is 0 Å². The van der Waals surface area contributed by atoms with E-state index < -0.39 is 17.6 Å². The number of likely N-dealkylation sites (tertiary alicyclic amines) is 1. The van der Waals surface area contributed by atoms with Gasteiger partial charge in [0.2, 0.25) is 0 Å². The molecule has 2 amide bonds. The van der Waals surface area contributed by atoms with Gasteiger partial charge in [-0.2, -0.15) is 0 Å². The van der Waals surface area contributed by atoms with Gasteiger partial charge in [-0.3, -0.25) is 14.4 Å². The van der Waals surface area contributed by atoms with E-state index in [4.69, 9.17) is 4.74 Å². The number of hydrogen-bond donors (Lipinski definition) is 1. The van der Waals surface area contributed by atoms with Gasteiger partial charge < -0.3 is 15.0 Å². The number of nitrogens with one attached hydrogen (secondary N) is 1. The Bertz CT molecular complexity index is 597. The van der Waals surface area contributed by atoms with Crippen LogP contribution in [0.5, 0.6) is 0 Å². The van der Waals surface area contributed by atoms with Gasteiger partial charge in [-0.1, -0.05) is 12.1 Å². The first kappa shape index (κ1) is 16.9. The average molecular weight is 322 g/mol. The molecule has 1 aromatic rings. The van der Waals surface area contributed by atoms with Gasteiger partial charge >= 0.3 is 17.8 Å². The summed E-state index contributed by atoms with van der Waals surface area (Å²) in [6.07, 6.45) is 0.912. The number of ether oxygens (including phenoxy) is 1. The van der Waals surface area contributed by atoms with Gasteiger partial charge in [0.1, 0.15) is 5.82 Å². The van der Waals surface area contributed by atoms with Crippen molar-refractivity contribution in [3.05, 3.63) is 30.1 Å². The van der Waals surface area contributed by atoms with E-state index in [2.05, 4.69) is 5.32 Å². The molecule has 0 spiro atoms. The predicted molar refractivity (Wildman–Crippen MR) is 81.0 cm³/mol. The van der Waals surface area contributed by atoms with E-state index in [1.54, 1.807) is 13.0 Å². The minimum Gasteiger partial charge on any atom is -0.466 e. The summed E-state index contributed by atoms with van der Waals surface area (Å²) in [6, 6.07) is 5.64. The highest BCUT2D eigenvalue weighted by molar-refractivity contribution is 6.39. The molecule has 6 nitrogen and oxygen atoms in total. The molecule has 0 aromatic heterocycles. The zero-order chi connectivity index (χ0) is 16.8. The summed E-state index contributed by atoms with van der Waals surface area (Å²) in [5, 5.41) is 2.26. The van der Waals surface area contributed by atoms with Crippen LogP contribution in [0.25, 0.3) is 0 Å². The second kappa shape index (κ2) is 7.71. The summed E-state index contributed by atoms with van der Waals surface area (Å²) in [4.78, 5) is 37.0. The summed E-state index contributed by atoms with van der Waals surface area (Å²) in [7, 11) is 0. The van der Waals surface area contributed by atoms with Crippen LogP contribution in [0.1, 0.15) is 19.8 Å². The highest BCUT2D eigenvalue weighted by Gasteiger charge is 2.30. The highest BCUT2D eigenvalue weighted by Crippen LogP contribution is 2.19. The molecule has 0 aliphatic carbocycles. The van der Waals surface area contributed by atoms with Gasteiger partial charge in [-0.15, -0.1) is 0 Å². The molecule has 0 bridgehead atoms. The molecule has 0 saturated carbocycles. The van der Waals surface area contributed by atoms with Crippen LogP contribution in [0.3, 0.4) is 0 Å². The number of piperidine rings is 1. The number of halogens is 1. The van der Waals surface area contributed by atoms with E-state index in [0.717, 1.165) is 0 Å². The number of hydrogen-bond acceptors (Lipinski definition) is 4. The Balaban J connectivity index is 1.88. The molecule has 1 fully saturated rings. The van der Waals surface area contributed by atoms with Crippen LogP contribution in [0, 0.1) is 11.7 Å². The molecule has 1 N–H and O–H groups in total. The standard InChI is InChI=1S/C16H19FN2O4/c1-2-23-16(22)11-7-9-19(10-8-11)15(21)14(20)18-13-6-4-3-5-12(13)17/h3-6,11H,2,7-10H2,1H3,(H,18,20). The molecule has 0 radical (unpaired) electrons. The lowest BCUT2D eigenvalue weighted by molar-refractivity contribution is -0.152. The summed E-state index contributed by atoms with van der Waals surface area (Å²) >= 11 is 0. The first-order chi connectivity index (χ1) is 11.0. The molecule has 1 aliphatic rings. The fraction of sp³-hybridized carbons (Fsp3) is 0.438. The first-order valence-corrected chi connectivity index (χ1v) is 7.54. The van der Waals surface area contributed by atoms with Crippen LogP contribution in [-0.2, 0) is 19.1 Å². The number of para-hydroxylation sites is 1. The normalized spacial score (nSPS) is 15.1. The summed E-state index contributed by atoms with van der Waals surface area (Å²) in [5.74, 6) is -2.72. The summed E-state index contributed by atoms with van der Waals surface area (Å²) < 4.78 is 18.4. The van der Waals surface area contributed by atoms with Gasteiger partial charge in [0.25, 0.3) is 0 Å². The Morgan fingerprint density at radius 3 is 2.52 bits per heavy atom. The van der Waals surface area contributed by atoms with Gasteiger partial charge in [0.05, 0.1) is 18.2 Å². The summed E-state index contributed by atoms with van der Waals surface area (Å²) in [6.45, 7) is 2.66. The molecule has 0 unspecified atom stereocenters. The molecule has 1 aliphatic heterocycles. The molecule has 1 saturated heterocycles. The van der Waals surface area contributed by atoms with Crippen molar-refractivity contribution in [3.8, 4) is 0 Å². The third-order valence-electron chi connectivity index (χ3n) is 3.72. The quantitative estimate of drug-likeness (QED) is 0.677. The topological polar surface area (TPSA) is 75.7 Å². The Morgan fingerprint density at radius 2 is 1.91 bits per heavy atom.